The summed E-state index contributed by atoms with van der Waals surface area (Å²) in [7, 11) is 0. The fourth-order valence-corrected chi connectivity index (χ4v) is 2.47. The van der Waals surface area contributed by atoms with Crippen molar-refractivity contribution in [2.75, 3.05) is 6.54 Å². The Balaban J connectivity index is 2.14. The molecule has 0 spiro atoms. The summed E-state index contributed by atoms with van der Waals surface area (Å²) < 4.78 is 13.2. The lowest BCUT2D eigenvalue weighted by Crippen LogP contribution is -2.38. The monoisotopic (exact) mass is 255 g/mol. The summed E-state index contributed by atoms with van der Waals surface area (Å²) in [6.07, 6.45) is 3.30. The molecule has 1 aromatic carbocycles. The van der Waals surface area contributed by atoms with E-state index in [1.807, 2.05) is 0 Å². The molecule has 0 radical (unpaired) electrons. The molecule has 1 saturated carbocycles. The van der Waals surface area contributed by atoms with Crippen molar-refractivity contribution in [3.05, 3.63) is 34.6 Å². The Morgan fingerprint density at radius 1 is 1.47 bits per heavy atom. The minimum atomic E-state index is -0.208. The Morgan fingerprint density at radius 3 is 2.76 bits per heavy atom. The lowest BCUT2D eigenvalue weighted by Gasteiger charge is -2.25. The van der Waals surface area contributed by atoms with Gasteiger partial charge in [0, 0.05) is 11.1 Å². The summed E-state index contributed by atoms with van der Waals surface area (Å²) >= 11 is 6.12. The molecule has 0 heterocycles. The highest BCUT2D eigenvalue weighted by atomic mass is 35.5. The molecule has 1 unspecified atom stereocenters. The first-order valence-electron chi connectivity index (χ1n) is 6.22. The second-order valence-electron chi connectivity index (χ2n) is 5.20. The van der Waals surface area contributed by atoms with Gasteiger partial charge in [0.25, 0.3) is 0 Å². The molecule has 0 amide bonds. The molecule has 94 valence electrons. The van der Waals surface area contributed by atoms with Crippen LogP contribution in [0.5, 0.6) is 0 Å². The third kappa shape index (κ3) is 2.99. The number of halogens is 2. The summed E-state index contributed by atoms with van der Waals surface area (Å²) in [5.41, 5.74) is 1.27. The van der Waals surface area contributed by atoms with Crippen molar-refractivity contribution >= 4 is 11.6 Å². The van der Waals surface area contributed by atoms with E-state index in [2.05, 4.69) is 19.2 Å². The van der Waals surface area contributed by atoms with Gasteiger partial charge in [-0.15, -0.1) is 0 Å². The molecule has 2 rings (SSSR count). The highest BCUT2D eigenvalue weighted by Gasteiger charge is 2.44. The van der Waals surface area contributed by atoms with Crippen LogP contribution in [0, 0.1) is 11.2 Å². The molecule has 1 fully saturated rings. The van der Waals surface area contributed by atoms with Gasteiger partial charge >= 0.3 is 0 Å². The van der Waals surface area contributed by atoms with Gasteiger partial charge in [0.15, 0.2) is 0 Å². The number of hydrogen-bond acceptors (Lipinski definition) is 1. The predicted octanol–water partition coefficient (Wildman–Crippen LogP) is 3.80. The second-order valence-corrected chi connectivity index (χ2v) is 5.61. The number of rotatable bonds is 5. The zero-order chi connectivity index (χ0) is 12.5. The fraction of sp³-hybridized carbons (Fsp3) is 0.571. The van der Waals surface area contributed by atoms with E-state index in [4.69, 9.17) is 11.6 Å². The molecule has 3 heteroatoms. The minimum absolute atomic E-state index is 0.208. The fourth-order valence-electron chi connectivity index (χ4n) is 2.28. The highest BCUT2D eigenvalue weighted by molar-refractivity contribution is 6.31. The summed E-state index contributed by atoms with van der Waals surface area (Å²) in [6, 6.07) is 5.00. The Labute approximate surface area is 107 Å². The molecule has 0 saturated heterocycles. The molecule has 0 aliphatic heterocycles. The average Bonchev–Trinajstić information content (AvgIpc) is 3.02. The maximum Gasteiger partial charge on any atom is 0.123 e. The molecule has 1 aliphatic carbocycles. The molecule has 1 aliphatic rings. The minimum Gasteiger partial charge on any atom is -0.313 e. The number of hydrogen-bond donors (Lipinski definition) is 1. The maximum absolute atomic E-state index is 13.2. The van der Waals surface area contributed by atoms with Crippen LogP contribution in [0.3, 0.4) is 0 Å². The third-order valence-electron chi connectivity index (χ3n) is 3.76. The van der Waals surface area contributed by atoms with Crippen LogP contribution in [0.2, 0.25) is 5.02 Å². The average molecular weight is 256 g/mol. The van der Waals surface area contributed by atoms with E-state index in [-0.39, 0.29) is 5.82 Å². The zero-order valence-corrected chi connectivity index (χ0v) is 11.1. The lowest BCUT2D eigenvalue weighted by molar-refractivity contribution is 0.360. The maximum atomic E-state index is 13.2. The topological polar surface area (TPSA) is 12.0 Å². The second kappa shape index (κ2) is 4.95. The standard InChI is InChI=1S/C14H19ClFN/c1-3-17-13(14(2)6-7-14)9-10-8-11(16)4-5-12(10)15/h4-5,8,13,17H,3,6-7,9H2,1-2H3. The van der Waals surface area contributed by atoms with Crippen LogP contribution in [-0.4, -0.2) is 12.6 Å². The van der Waals surface area contributed by atoms with Crippen LogP contribution in [0.15, 0.2) is 18.2 Å². The van der Waals surface area contributed by atoms with Crippen molar-refractivity contribution in [2.45, 2.75) is 39.2 Å². The Hall–Kier alpha value is -0.600. The van der Waals surface area contributed by atoms with E-state index in [1.165, 1.54) is 18.9 Å². The molecule has 1 nitrogen and oxygen atoms in total. The Morgan fingerprint density at radius 2 is 2.18 bits per heavy atom. The SMILES string of the molecule is CCNC(Cc1cc(F)ccc1Cl)C1(C)CC1. The van der Waals surface area contributed by atoms with Gasteiger partial charge in [-0.25, -0.2) is 4.39 Å². The van der Waals surface area contributed by atoms with Gasteiger partial charge in [0.2, 0.25) is 0 Å². The van der Waals surface area contributed by atoms with Crippen molar-refractivity contribution in [3.63, 3.8) is 0 Å². The van der Waals surface area contributed by atoms with Gasteiger partial charge in [-0.1, -0.05) is 25.4 Å². The molecule has 0 aromatic heterocycles. The first-order chi connectivity index (χ1) is 8.05. The summed E-state index contributed by atoms with van der Waals surface area (Å²) in [4.78, 5) is 0. The van der Waals surface area contributed by atoms with Crippen LogP contribution in [-0.2, 0) is 6.42 Å². The van der Waals surface area contributed by atoms with Crippen LogP contribution in [0.4, 0.5) is 4.39 Å². The van der Waals surface area contributed by atoms with E-state index >= 15 is 0 Å². The van der Waals surface area contributed by atoms with Crippen molar-refractivity contribution in [2.24, 2.45) is 5.41 Å². The van der Waals surface area contributed by atoms with Gasteiger partial charge in [-0.3, -0.25) is 0 Å². The van der Waals surface area contributed by atoms with E-state index in [0.717, 1.165) is 18.5 Å². The van der Waals surface area contributed by atoms with Crippen LogP contribution < -0.4 is 5.32 Å². The van der Waals surface area contributed by atoms with Crippen molar-refractivity contribution in [3.8, 4) is 0 Å². The summed E-state index contributed by atoms with van der Waals surface area (Å²) in [5.74, 6) is -0.208. The normalized spacial score (nSPS) is 19.1. The van der Waals surface area contributed by atoms with E-state index in [9.17, 15) is 4.39 Å². The molecular weight excluding hydrogens is 237 g/mol. The summed E-state index contributed by atoms with van der Waals surface area (Å²) in [5, 5.41) is 4.16. The van der Waals surface area contributed by atoms with Gasteiger partial charge in [-0.05, 0) is 55.0 Å². The molecule has 1 atom stereocenters. The zero-order valence-electron chi connectivity index (χ0n) is 10.4. The number of benzene rings is 1. The van der Waals surface area contributed by atoms with Crippen LogP contribution in [0.25, 0.3) is 0 Å². The predicted molar refractivity (Wildman–Crippen MR) is 69.9 cm³/mol. The van der Waals surface area contributed by atoms with Crippen molar-refractivity contribution in [1.82, 2.24) is 5.32 Å². The van der Waals surface area contributed by atoms with E-state index in [1.54, 1.807) is 12.1 Å². The number of likely N-dealkylation sites (N-methyl/N-ethyl adjacent to an activating group) is 1. The van der Waals surface area contributed by atoms with Gasteiger partial charge in [0.05, 0.1) is 0 Å². The van der Waals surface area contributed by atoms with Gasteiger partial charge in [-0.2, -0.15) is 0 Å². The lowest BCUT2D eigenvalue weighted by atomic mass is 9.92. The molecule has 1 N–H and O–H groups in total. The molecule has 0 bridgehead atoms. The van der Waals surface area contributed by atoms with E-state index in [0.29, 0.717) is 16.5 Å². The van der Waals surface area contributed by atoms with Gasteiger partial charge in [0.1, 0.15) is 5.82 Å². The third-order valence-corrected chi connectivity index (χ3v) is 4.13. The van der Waals surface area contributed by atoms with Gasteiger partial charge < -0.3 is 5.32 Å². The smallest absolute Gasteiger partial charge is 0.123 e. The summed E-state index contributed by atoms with van der Waals surface area (Å²) in [6.45, 7) is 5.33. The molecule has 17 heavy (non-hydrogen) atoms. The molecular formula is C14H19ClFN. The van der Waals surface area contributed by atoms with E-state index < -0.39 is 0 Å². The van der Waals surface area contributed by atoms with Crippen LogP contribution >= 0.6 is 11.6 Å². The van der Waals surface area contributed by atoms with Crippen LogP contribution in [0.1, 0.15) is 32.3 Å². The largest absolute Gasteiger partial charge is 0.313 e. The highest BCUT2D eigenvalue weighted by Crippen LogP contribution is 2.49. The van der Waals surface area contributed by atoms with Crippen molar-refractivity contribution < 1.29 is 4.39 Å². The first kappa shape index (κ1) is 12.8. The Kier molecular flexibility index (Phi) is 3.74. The quantitative estimate of drug-likeness (QED) is 0.844. The first-order valence-corrected chi connectivity index (χ1v) is 6.60. The molecule has 1 aromatic rings. The van der Waals surface area contributed by atoms with Crippen molar-refractivity contribution in [1.29, 1.82) is 0 Å². The Bertz CT molecular complexity index is 401. The number of nitrogens with one attached hydrogen (secondary N) is 1.